The highest BCUT2D eigenvalue weighted by Crippen LogP contribution is 2.16. The summed E-state index contributed by atoms with van der Waals surface area (Å²) in [4.78, 5) is 7.36. The first-order chi connectivity index (χ1) is 12.5. The summed E-state index contributed by atoms with van der Waals surface area (Å²) in [6, 6.07) is 0. The SMILES string of the molecule is CCNC(=NCc1c(C)nn(C)c1C)NCCCCN1CCC(C)CC1. The number of aryl methyl sites for hydroxylation is 2. The number of aromatic nitrogens is 2. The predicted molar refractivity (Wildman–Crippen MR) is 110 cm³/mol. The zero-order chi connectivity index (χ0) is 18.9. The van der Waals surface area contributed by atoms with Crippen LogP contribution in [0.5, 0.6) is 0 Å². The van der Waals surface area contributed by atoms with E-state index in [4.69, 9.17) is 4.99 Å². The summed E-state index contributed by atoms with van der Waals surface area (Å²) in [7, 11) is 1.99. The monoisotopic (exact) mass is 362 g/mol. The van der Waals surface area contributed by atoms with Crippen molar-refractivity contribution in [3.05, 3.63) is 17.0 Å². The van der Waals surface area contributed by atoms with Crippen LogP contribution in [0.2, 0.25) is 0 Å². The van der Waals surface area contributed by atoms with Crippen LogP contribution in [0.15, 0.2) is 4.99 Å². The van der Waals surface area contributed by atoms with Gasteiger partial charge in [0.25, 0.3) is 0 Å². The van der Waals surface area contributed by atoms with Crippen molar-refractivity contribution in [3.63, 3.8) is 0 Å². The number of nitrogens with zero attached hydrogens (tertiary/aromatic N) is 4. The first-order valence-electron chi connectivity index (χ1n) is 10.2. The van der Waals surface area contributed by atoms with Crippen LogP contribution in [0.3, 0.4) is 0 Å². The second-order valence-corrected chi connectivity index (χ2v) is 7.63. The summed E-state index contributed by atoms with van der Waals surface area (Å²) in [6.45, 7) is 15.0. The number of likely N-dealkylation sites (tertiary alicyclic amines) is 1. The molecule has 0 amide bonds. The largest absolute Gasteiger partial charge is 0.357 e. The molecule has 6 nitrogen and oxygen atoms in total. The van der Waals surface area contributed by atoms with E-state index in [-0.39, 0.29) is 0 Å². The molecule has 1 aliphatic rings. The summed E-state index contributed by atoms with van der Waals surface area (Å²) in [5.74, 6) is 1.82. The molecule has 0 bridgehead atoms. The summed E-state index contributed by atoms with van der Waals surface area (Å²) in [6.07, 6.45) is 5.16. The molecule has 1 aliphatic heterocycles. The van der Waals surface area contributed by atoms with Gasteiger partial charge in [-0.25, -0.2) is 4.99 Å². The summed E-state index contributed by atoms with van der Waals surface area (Å²) in [5, 5.41) is 11.3. The minimum absolute atomic E-state index is 0.673. The Morgan fingerprint density at radius 2 is 1.92 bits per heavy atom. The fraction of sp³-hybridized carbons (Fsp3) is 0.800. The van der Waals surface area contributed by atoms with Crippen LogP contribution in [-0.2, 0) is 13.6 Å². The van der Waals surface area contributed by atoms with Gasteiger partial charge in [0.05, 0.1) is 12.2 Å². The van der Waals surface area contributed by atoms with Crippen molar-refractivity contribution in [1.82, 2.24) is 25.3 Å². The van der Waals surface area contributed by atoms with E-state index in [1.54, 1.807) is 0 Å². The van der Waals surface area contributed by atoms with Crippen LogP contribution in [0.25, 0.3) is 0 Å². The molecule has 6 heteroatoms. The van der Waals surface area contributed by atoms with E-state index in [9.17, 15) is 0 Å². The van der Waals surface area contributed by atoms with E-state index in [1.165, 1.54) is 56.6 Å². The highest BCUT2D eigenvalue weighted by molar-refractivity contribution is 5.79. The van der Waals surface area contributed by atoms with E-state index in [2.05, 4.69) is 48.3 Å². The topological polar surface area (TPSA) is 57.5 Å². The Morgan fingerprint density at radius 1 is 1.19 bits per heavy atom. The molecule has 0 radical (unpaired) electrons. The molecule has 2 heterocycles. The van der Waals surface area contributed by atoms with Gasteiger partial charge in [-0.1, -0.05) is 6.92 Å². The first kappa shape index (κ1) is 20.7. The van der Waals surface area contributed by atoms with Crippen LogP contribution in [0.4, 0.5) is 0 Å². The van der Waals surface area contributed by atoms with Crippen molar-refractivity contribution >= 4 is 5.96 Å². The molecular formula is C20H38N6. The van der Waals surface area contributed by atoms with Crippen molar-refractivity contribution < 1.29 is 0 Å². The Balaban J connectivity index is 1.72. The van der Waals surface area contributed by atoms with E-state index in [0.717, 1.165) is 30.7 Å². The second kappa shape index (κ2) is 10.6. The van der Waals surface area contributed by atoms with Crippen LogP contribution in [0.1, 0.15) is 56.5 Å². The zero-order valence-corrected chi connectivity index (χ0v) is 17.4. The van der Waals surface area contributed by atoms with Crippen LogP contribution in [-0.4, -0.2) is 53.4 Å². The molecule has 0 aromatic carbocycles. The van der Waals surface area contributed by atoms with E-state index >= 15 is 0 Å². The summed E-state index contributed by atoms with van der Waals surface area (Å²) >= 11 is 0. The summed E-state index contributed by atoms with van der Waals surface area (Å²) < 4.78 is 1.93. The third-order valence-corrected chi connectivity index (χ3v) is 5.47. The van der Waals surface area contributed by atoms with E-state index < -0.39 is 0 Å². The third-order valence-electron chi connectivity index (χ3n) is 5.47. The molecular weight excluding hydrogens is 324 g/mol. The highest BCUT2D eigenvalue weighted by atomic mass is 15.3. The molecule has 26 heavy (non-hydrogen) atoms. The van der Waals surface area contributed by atoms with Crippen LogP contribution in [0, 0.1) is 19.8 Å². The maximum Gasteiger partial charge on any atom is 0.191 e. The van der Waals surface area contributed by atoms with Gasteiger partial charge in [-0.2, -0.15) is 5.10 Å². The van der Waals surface area contributed by atoms with Gasteiger partial charge >= 0.3 is 0 Å². The molecule has 0 spiro atoms. The van der Waals surface area contributed by atoms with Crippen molar-refractivity contribution in [1.29, 1.82) is 0 Å². The van der Waals surface area contributed by atoms with Gasteiger partial charge in [0.1, 0.15) is 0 Å². The maximum absolute atomic E-state index is 4.75. The number of rotatable bonds is 8. The Kier molecular flexibility index (Phi) is 8.42. The number of aliphatic imine (C=N–C) groups is 1. The quantitative estimate of drug-likeness (QED) is 0.424. The molecule has 1 fully saturated rings. The number of nitrogens with one attached hydrogen (secondary N) is 2. The Labute approximate surface area is 159 Å². The predicted octanol–water partition coefficient (Wildman–Crippen LogP) is 2.60. The normalized spacial score (nSPS) is 16.9. The highest BCUT2D eigenvalue weighted by Gasteiger charge is 2.14. The zero-order valence-electron chi connectivity index (χ0n) is 17.4. The molecule has 1 saturated heterocycles. The van der Waals surface area contributed by atoms with Crippen LogP contribution < -0.4 is 10.6 Å². The standard InChI is InChI=1S/C20H38N6/c1-6-21-20(23-15-19-17(3)24-25(5)18(19)4)22-11-7-8-12-26-13-9-16(2)10-14-26/h16H,6-15H2,1-5H3,(H2,21,22,23). The lowest BCUT2D eigenvalue weighted by Gasteiger charge is -2.30. The lowest BCUT2D eigenvalue weighted by molar-refractivity contribution is 0.189. The van der Waals surface area contributed by atoms with Crippen LogP contribution >= 0.6 is 0 Å². The fourth-order valence-electron chi connectivity index (χ4n) is 3.50. The van der Waals surface area contributed by atoms with Gasteiger partial charge < -0.3 is 15.5 Å². The Bertz CT molecular complexity index is 569. The lowest BCUT2D eigenvalue weighted by atomic mass is 9.99. The van der Waals surface area contributed by atoms with Gasteiger partial charge in [0.15, 0.2) is 5.96 Å². The number of unbranched alkanes of at least 4 members (excludes halogenated alkanes) is 1. The second-order valence-electron chi connectivity index (χ2n) is 7.63. The molecule has 1 aromatic rings. The molecule has 2 rings (SSSR count). The Morgan fingerprint density at radius 3 is 2.54 bits per heavy atom. The smallest absolute Gasteiger partial charge is 0.191 e. The average molecular weight is 363 g/mol. The van der Waals surface area contributed by atoms with Crippen molar-refractivity contribution in [3.8, 4) is 0 Å². The minimum atomic E-state index is 0.673. The molecule has 0 aliphatic carbocycles. The molecule has 0 unspecified atom stereocenters. The lowest BCUT2D eigenvalue weighted by Crippen LogP contribution is -2.38. The van der Waals surface area contributed by atoms with Gasteiger partial charge in [0.2, 0.25) is 0 Å². The Hall–Kier alpha value is -1.56. The van der Waals surface area contributed by atoms with Gasteiger partial charge in [-0.05, 0) is 72.0 Å². The average Bonchev–Trinajstić information content (AvgIpc) is 2.86. The fourth-order valence-corrected chi connectivity index (χ4v) is 3.50. The van der Waals surface area contributed by atoms with Gasteiger partial charge in [-0.15, -0.1) is 0 Å². The molecule has 0 atom stereocenters. The molecule has 148 valence electrons. The van der Waals surface area contributed by atoms with Crippen molar-refractivity contribution in [2.45, 2.75) is 59.9 Å². The van der Waals surface area contributed by atoms with Gasteiger partial charge in [-0.3, -0.25) is 4.68 Å². The minimum Gasteiger partial charge on any atom is -0.357 e. The number of hydrogen-bond donors (Lipinski definition) is 2. The maximum atomic E-state index is 4.75. The first-order valence-corrected chi connectivity index (χ1v) is 10.2. The number of guanidine groups is 1. The van der Waals surface area contributed by atoms with Crippen molar-refractivity contribution in [2.75, 3.05) is 32.7 Å². The molecule has 2 N–H and O–H groups in total. The number of hydrogen-bond acceptors (Lipinski definition) is 3. The van der Waals surface area contributed by atoms with Crippen molar-refractivity contribution in [2.24, 2.45) is 18.0 Å². The number of piperidine rings is 1. The molecule has 0 saturated carbocycles. The van der Waals surface area contributed by atoms with Gasteiger partial charge in [0, 0.05) is 31.4 Å². The van der Waals surface area contributed by atoms with E-state index in [1.807, 2.05) is 11.7 Å². The third kappa shape index (κ3) is 6.31. The summed E-state index contributed by atoms with van der Waals surface area (Å²) in [5.41, 5.74) is 3.49. The van der Waals surface area contributed by atoms with E-state index in [0.29, 0.717) is 6.54 Å². The molecule has 1 aromatic heterocycles.